The fourth-order valence-corrected chi connectivity index (χ4v) is 2.83. The third-order valence-corrected chi connectivity index (χ3v) is 3.74. The predicted molar refractivity (Wildman–Crippen MR) is 88.3 cm³/mol. The number of carbonyl (C=O) groups is 1. The number of rotatable bonds is 2. The monoisotopic (exact) mass is 342 g/mol. The van der Waals surface area contributed by atoms with Gasteiger partial charge in [0.2, 0.25) is 0 Å². The van der Waals surface area contributed by atoms with Crippen molar-refractivity contribution < 1.29 is 18.3 Å². The number of hydrogen-bond donors (Lipinski definition) is 0. The van der Waals surface area contributed by atoms with Gasteiger partial charge in [-0.05, 0) is 51.1 Å². The van der Waals surface area contributed by atoms with Crippen LogP contribution in [0.1, 0.15) is 42.7 Å². The second-order valence-electron chi connectivity index (χ2n) is 6.76. The summed E-state index contributed by atoms with van der Waals surface area (Å²) in [6.07, 6.45) is 0. The Morgan fingerprint density at radius 2 is 1.80 bits per heavy atom. The Morgan fingerprint density at radius 3 is 2.36 bits per heavy atom. The molecular formula is C19H16F2N2O2. The Kier molecular flexibility index (Phi) is 3.96. The maximum atomic E-state index is 14.1. The van der Waals surface area contributed by atoms with Crippen LogP contribution >= 0.6 is 0 Å². The van der Waals surface area contributed by atoms with E-state index in [1.807, 2.05) is 26.8 Å². The molecule has 25 heavy (non-hydrogen) atoms. The topological polar surface area (TPSA) is 53.3 Å². The van der Waals surface area contributed by atoms with E-state index in [-0.39, 0.29) is 16.7 Å². The molecular weight excluding hydrogens is 326 g/mol. The van der Waals surface area contributed by atoms with Gasteiger partial charge in [0.25, 0.3) is 5.91 Å². The molecule has 128 valence electrons. The van der Waals surface area contributed by atoms with Crippen LogP contribution < -0.4 is 9.64 Å². The van der Waals surface area contributed by atoms with E-state index in [0.29, 0.717) is 17.5 Å². The molecule has 1 heterocycles. The quantitative estimate of drug-likeness (QED) is 0.814. The van der Waals surface area contributed by atoms with Crippen LogP contribution in [0.5, 0.6) is 5.75 Å². The number of anilines is 1. The van der Waals surface area contributed by atoms with E-state index in [1.165, 1.54) is 0 Å². The summed E-state index contributed by atoms with van der Waals surface area (Å²) in [7, 11) is 0. The Balaban J connectivity index is 2.00. The minimum absolute atomic E-state index is 0.0936. The Morgan fingerprint density at radius 1 is 1.16 bits per heavy atom. The van der Waals surface area contributed by atoms with Crippen molar-refractivity contribution in [1.82, 2.24) is 0 Å². The lowest BCUT2D eigenvalue weighted by Gasteiger charge is -2.23. The summed E-state index contributed by atoms with van der Waals surface area (Å²) >= 11 is 0. The third-order valence-electron chi connectivity index (χ3n) is 3.74. The lowest BCUT2D eigenvalue weighted by molar-refractivity contribution is 0.0993. The molecule has 0 saturated heterocycles. The van der Waals surface area contributed by atoms with Crippen molar-refractivity contribution in [2.75, 3.05) is 4.90 Å². The standard InChI is InChI=1S/C19H16F2N2O2/c1-19(2,3)25-13-6-4-12(5-7-13)23-16(10-22)17-14(18(23)24)8-11(20)9-15(17)21/h4-9,16H,1-3H3. The van der Waals surface area contributed by atoms with Gasteiger partial charge in [0.15, 0.2) is 6.04 Å². The Hall–Kier alpha value is -2.94. The first-order valence-electron chi connectivity index (χ1n) is 7.72. The highest BCUT2D eigenvalue weighted by molar-refractivity contribution is 6.11. The van der Waals surface area contributed by atoms with Crippen LogP contribution in [0.15, 0.2) is 36.4 Å². The minimum atomic E-state index is -1.14. The highest BCUT2D eigenvalue weighted by Crippen LogP contribution is 2.39. The van der Waals surface area contributed by atoms with E-state index in [2.05, 4.69) is 0 Å². The van der Waals surface area contributed by atoms with Crippen LogP contribution in [0.2, 0.25) is 0 Å². The van der Waals surface area contributed by atoms with E-state index < -0.39 is 23.6 Å². The Labute approximate surface area is 144 Å². The number of halogens is 2. The first kappa shape index (κ1) is 16.9. The zero-order valence-corrected chi connectivity index (χ0v) is 14.0. The number of fused-ring (bicyclic) bond motifs is 1. The highest BCUT2D eigenvalue weighted by atomic mass is 19.1. The first-order valence-corrected chi connectivity index (χ1v) is 7.72. The van der Waals surface area contributed by atoms with Gasteiger partial charge < -0.3 is 4.74 Å². The first-order chi connectivity index (χ1) is 11.7. The Bertz CT molecular complexity index is 880. The fourth-order valence-electron chi connectivity index (χ4n) is 2.83. The van der Waals surface area contributed by atoms with Crippen molar-refractivity contribution in [3.8, 4) is 11.8 Å². The molecule has 0 bridgehead atoms. The van der Waals surface area contributed by atoms with Gasteiger partial charge in [0.1, 0.15) is 23.0 Å². The molecule has 2 aromatic rings. The van der Waals surface area contributed by atoms with Crippen molar-refractivity contribution in [1.29, 1.82) is 5.26 Å². The molecule has 0 spiro atoms. The van der Waals surface area contributed by atoms with Gasteiger partial charge in [-0.25, -0.2) is 8.78 Å². The molecule has 6 heteroatoms. The van der Waals surface area contributed by atoms with Gasteiger partial charge in [-0.3, -0.25) is 9.69 Å². The van der Waals surface area contributed by atoms with Crippen molar-refractivity contribution in [2.24, 2.45) is 0 Å². The molecule has 2 aromatic carbocycles. The maximum Gasteiger partial charge on any atom is 0.260 e. The van der Waals surface area contributed by atoms with Crippen LogP contribution in [0.3, 0.4) is 0 Å². The maximum absolute atomic E-state index is 14.1. The molecule has 0 aliphatic carbocycles. The molecule has 3 rings (SSSR count). The summed E-state index contributed by atoms with van der Waals surface area (Å²) in [5.74, 6) is -1.75. The summed E-state index contributed by atoms with van der Waals surface area (Å²) in [5, 5.41) is 9.43. The van der Waals surface area contributed by atoms with E-state index >= 15 is 0 Å². The second kappa shape index (κ2) is 5.85. The molecule has 1 amide bonds. The molecule has 0 aromatic heterocycles. The number of hydrogen-bond acceptors (Lipinski definition) is 3. The zero-order chi connectivity index (χ0) is 18.4. The van der Waals surface area contributed by atoms with Crippen molar-refractivity contribution in [3.63, 3.8) is 0 Å². The average molecular weight is 342 g/mol. The third kappa shape index (κ3) is 3.05. The predicted octanol–water partition coefficient (Wildman–Crippen LogP) is 4.37. The molecule has 1 aliphatic heterocycles. The lowest BCUT2D eigenvalue weighted by atomic mass is 10.0. The minimum Gasteiger partial charge on any atom is -0.488 e. The van der Waals surface area contributed by atoms with Crippen LogP contribution in [0, 0.1) is 23.0 Å². The summed E-state index contributed by atoms with van der Waals surface area (Å²) in [4.78, 5) is 13.8. The number of ether oxygens (including phenoxy) is 1. The highest BCUT2D eigenvalue weighted by Gasteiger charge is 2.40. The summed E-state index contributed by atoms with van der Waals surface area (Å²) in [5.41, 5.74) is -0.186. The average Bonchev–Trinajstić information content (AvgIpc) is 2.79. The van der Waals surface area contributed by atoms with E-state index in [0.717, 1.165) is 11.0 Å². The van der Waals surface area contributed by atoms with Gasteiger partial charge in [-0.15, -0.1) is 0 Å². The molecule has 0 saturated carbocycles. The van der Waals surface area contributed by atoms with E-state index in [9.17, 15) is 18.8 Å². The summed E-state index contributed by atoms with van der Waals surface area (Å²) < 4.78 is 33.3. The van der Waals surface area contributed by atoms with Crippen LogP contribution in [-0.2, 0) is 0 Å². The normalized spacial score (nSPS) is 16.6. The van der Waals surface area contributed by atoms with E-state index in [4.69, 9.17) is 4.74 Å². The van der Waals surface area contributed by atoms with Gasteiger partial charge in [-0.2, -0.15) is 5.26 Å². The zero-order valence-electron chi connectivity index (χ0n) is 14.0. The van der Waals surface area contributed by atoms with E-state index in [1.54, 1.807) is 24.3 Å². The van der Waals surface area contributed by atoms with Gasteiger partial charge in [-0.1, -0.05) is 0 Å². The van der Waals surface area contributed by atoms with Crippen molar-refractivity contribution in [2.45, 2.75) is 32.4 Å². The van der Waals surface area contributed by atoms with Crippen molar-refractivity contribution in [3.05, 3.63) is 59.2 Å². The van der Waals surface area contributed by atoms with Crippen molar-refractivity contribution >= 4 is 11.6 Å². The second-order valence-corrected chi connectivity index (χ2v) is 6.76. The summed E-state index contributed by atoms with van der Waals surface area (Å²) in [6, 6.07) is 8.99. The van der Waals surface area contributed by atoms with Crippen LogP contribution in [-0.4, -0.2) is 11.5 Å². The van der Waals surface area contributed by atoms with Gasteiger partial charge in [0.05, 0.1) is 11.6 Å². The summed E-state index contributed by atoms with van der Waals surface area (Å²) in [6.45, 7) is 5.72. The number of amides is 1. The number of nitriles is 1. The largest absolute Gasteiger partial charge is 0.488 e. The van der Waals surface area contributed by atoms with Gasteiger partial charge >= 0.3 is 0 Å². The molecule has 0 fully saturated rings. The van der Waals surface area contributed by atoms with Crippen LogP contribution in [0.4, 0.5) is 14.5 Å². The lowest BCUT2D eigenvalue weighted by Crippen LogP contribution is -2.27. The molecule has 1 aliphatic rings. The molecule has 0 radical (unpaired) electrons. The SMILES string of the molecule is CC(C)(C)Oc1ccc(N2C(=O)c3cc(F)cc(F)c3C2C#N)cc1. The fraction of sp³-hybridized carbons (Fsp3) is 0.263. The number of carbonyl (C=O) groups excluding carboxylic acids is 1. The van der Waals surface area contributed by atoms with Gasteiger partial charge in [0, 0.05) is 17.3 Å². The smallest absolute Gasteiger partial charge is 0.260 e. The van der Waals surface area contributed by atoms with Crippen LogP contribution in [0.25, 0.3) is 0 Å². The molecule has 1 unspecified atom stereocenters. The molecule has 0 N–H and O–H groups in total. The molecule has 4 nitrogen and oxygen atoms in total. The number of nitrogens with zero attached hydrogens (tertiary/aromatic N) is 2. The molecule has 1 atom stereocenters. The number of benzene rings is 2.